The fourth-order valence-corrected chi connectivity index (χ4v) is 2.53. The first-order valence-electron chi connectivity index (χ1n) is 6.51. The molecule has 1 aliphatic heterocycles. The number of methoxy groups -OCH3 is 1. The molecule has 1 heterocycles. The van der Waals surface area contributed by atoms with Gasteiger partial charge >= 0.3 is 0 Å². The Bertz CT molecular complexity index is 393. The van der Waals surface area contributed by atoms with Crippen molar-refractivity contribution < 1.29 is 4.74 Å². The number of hydrogen-bond acceptors (Lipinski definition) is 3. The number of halogens is 1. The van der Waals surface area contributed by atoms with Gasteiger partial charge in [-0.05, 0) is 30.7 Å². The van der Waals surface area contributed by atoms with Gasteiger partial charge in [-0.2, -0.15) is 0 Å². The highest BCUT2D eigenvalue weighted by molar-refractivity contribution is 6.32. The van der Waals surface area contributed by atoms with Crippen molar-refractivity contribution in [3.05, 3.63) is 28.8 Å². The minimum Gasteiger partial charge on any atom is -0.495 e. The van der Waals surface area contributed by atoms with Gasteiger partial charge in [0.25, 0.3) is 0 Å². The van der Waals surface area contributed by atoms with E-state index in [9.17, 15) is 0 Å². The van der Waals surface area contributed by atoms with Crippen LogP contribution in [0.15, 0.2) is 18.2 Å². The molecule has 0 radical (unpaired) electrons. The molecule has 0 bridgehead atoms. The molecule has 0 amide bonds. The fraction of sp³-hybridized carbons (Fsp3) is 0.571. The Balaban J connectivity index is 2.03. The Morgan fingerprint density at radius 1 is 1.44 bits per heavy atom. The van der Waals surface area contributed by atoms with Crippen LogP contribution in [-0.2, 0) is 6.54 Å². The lowest BCUT2D eigenvalue weighted by Crippen LogP contribution is -2.56. The standard InChI is InChI=1S/C14H21ClN2O/c1-3-6-17(12-8-16-9-12)10-11-4-5-14(18-2)13(15)7-11/h4-5,7,12,16H,3,6,8-10H2,1-2H3. The number of rotatable bonds is 6. The van der Waals surface area contributed by atoms with Crippen molar-refractivity contribution in [1.29, 1.82) is 0 Å². The van der Waals surface area contributed by atoms with Crippen molar-refractivity contribution in [2.24, 2.45) is 0 Å². The van der Waals surface area contributed by atoms with Gasteiger partial charge < -0.3 is 10.1 Å². The predicted octanol–water partition coefficient (Wildman–Crippen LogP) is 2.53. The van der Waals surface area contributed by atoms with Crippen LogP contribution in [-0.4, -0.2) is 37.7 Å². The van der Waals surface area contributed by atoms with Crippen LogP contribution in [0.1, 0.15) is 18.9 Å². The smallest absolute Gasteiger partial charge is 0.137 e. The first-order valence-corrected chi connectivity index (χ1v) is 6.89. The molecule has 1 aliphatic rings. The molecule has 2 rings (SSSR count). The Kier molecular flexibility index (Phi) is 4.87. The Morgan fingerprint density at radius 2 is 2.22 bits per heavy atom. The first-order chi connectivity index (χ1) is 8.74. The van der Waals surface area contributed by atoms with Crippen molar-refractivity contribution >= 4 is 11.6 Å². The molecule has 100 valence electrons. The molecule has 4 heteroatoms. The molecule has 0 spiro atoms. The summed E-state index contributed by atoms with van der Waals surface area (Å²) in [6.07, 6.45) is 1.18. The lowest BCUT2D eigenvalue weighted by Gasteiger charge is -2.38. The van der Waals surface area contributed by atoms with Gasteiger partial charge in [-0.1, -0.05) is 24.6 Å². The number of nitrogens with zero attached hydrogens (tertiary/aromatic N) is 1. The van der Waals surface area contributed by atoms with Crippen LogP contribution in [0.5, 0.6) is 5.75 Å². The molecule has 0 saturated carbocycles. The third-order valence-electron chi connectivity index (χ3n) is 3.39. The summed E-state index contributed by atoms with van der Waals surface area (Å²) in [5.41, 5.74) is 1.25. The first kappa shape index (κ1) is 13.7. The van der Waals surface area contributed by atoms with Gasteiger partial charge in [-0.25, -0.2) is 0 Å². The van der Waals surface area contributed by atoms with Crippen LogP contribution in [0.2, 0.25) is 5.02 Å². The van der Waals surface area contributed by atoms with Gasteiger partial charge in [-0.15, -0.1) is 0 Å². The highest BCUT2D eigenvalue weighted by atomic mass is 35.5. The Hall–Kier alpha value is -0.770. The third-order valence-corrected chi connectivity index (χ3v) is 3.68. The van der Waals surface area contributed by atoms with Crippen LogP contribution in [0, 0.1) is 0 Å². The molecule has 1 aromatic rings. The maximum atomic E-state index is 6.16. The molecular formula is C14H21ClN2O. The minimum atomic E-state index is 0.672. The van der Waals surface area contributed by atoms with E-state index in [1.807, 2.05) is 12.1 Å². The molecule has 1 saturated heterocycles. The molecule has 0 aliphatic carbocycles. The number of hydrogen-bond donors (Lipinski definition) is 1. The van der Waals surface area contributed by atoms with Crippen molar-refractivity contribution in [1.82, 2.24) is 10.2 Å². The Morgan fingerprint density at radius 3 is 2.72 bits per heavy atom. The maximum absolute atomic E-state index is 6.16. The van der Waals surface area contributed by atoms with Crippen LogP contribution >= 0.6 is 11.6 Å². The summed E-state index contributed by atoms with van der Waals surface area (Å²) in [4.78, 5) is 2.52. The topological polar surface area (TPSA) is 24.5 Å². The van der Waals surface area contributed by atoms with E-state index in [2.05, 4.69) is 23.2 Å². The van der Waals surface area contributed by atoms with Gasteiger partial charge in [0, 0.05) is 25.7 Å². The summed E-state index contributed by atoms with van der Waals surface area (Å²) in [6, 6.07) is 6.72. The van der Waals surface area contributed by atoms with Crippen LogP contribution in [0.4, 0.5) is 0 Å². The zero-order chi connectivity index (χ0) is 13.0. The van der Waals surface area contributed by atoms with Crippen LogP contribution in [0.25, 0.3) is 0 Å². The summed E-state index contributed by atoms with van der Waals surface area (Å²) in [7, 11) is 1.64. The highest BCUT2D eigenvalue weighted by Crippen LogP contribution is 2.26. The van der Waals surface area contributed by atoms with E-state index in [-0.39, 0.29) is 0 Å². The quantitative estimate of drug-likeness (QED) is 0.858. The minimum absolute atomic E-state index is 0.672. The highest BCUT2D eigenvalue weighted by Gasteiger charge is 2.23. The number of nitrogens with one attached hydrogen (secondary N) is 1. The van der Waals surface area contributed by atoms with Gasteiger partial charge in [0.2, 0.25) is 0 Å². The fourth-order valence-electron chi connectivity index (χ4n) is 2.25. The van der Waals surface area contributed by atoms with Crippen molar-refractivity contribution in [3.8, 4) is 5.75 Å². The number of benzene rings is 1. The van der Waals surface area contributed by atoms with Gasteiger partial charge in [-0.3, -0.25) is 4.90 Å². The summed E-state index contributed by atoms with van der Waals surface area (Å²) >= 11 is 6.16. The summed E-state index contributed by atoms with van der Waals surface area (Å²) in [5, 5.41) is 4.02. The van der Waals surface area contributed by atoms with Crippen molar-refractivity contribution in [2.75, 3.05) is 26.7 Å². The lowest BCUT2D eigenvalue weighted by atomic mass is 10.1. The predicted molar refractivity (Wildman–Crippen MR) is 75.4 cm³/mol. The molecule has 0 unspecified atom stereocenters. The van der Waals surface area contributed by atoms with Crippen LogP contribution in [0.3, 0.4) is 0 Å². The van der Waals surface area contributed by atoms with Gasteiger partial charge in [0.1, 0.15) is 5.75 Å². The molecule has 0 aromatic heterocycles. The van der Waals surface area contributed by atoms with E-state index in [1.54, 1.807) is 7.11 Å². The normalized spacial score (nSPS) is 15.8. The molecular weight excluding hydrogens is 248 g/mol. The molecule has 1 N–H and O–H groups in total. The van der Waals surface area contributed by atoms with E-state index in [0.717, 1.165) is 31.9 Å². The zero-order valence-electron chi connectivity index (χ0n) is 11.1. The van der Waals surface area contributed by atoms with E-state index in [4.69, 9.17) is 16.3 Å². The molecule has 18 heavy (non-hydrogen) atoms. The maximum Gasteiger partial charge on any atom is 0.137 e. The second-order valence-corrected chi connectivity index (χ2v) is 5.16. The van der Waals surface area contributed by atoms with Gasteiger partial charge in [0.15, 0.2) is 0 Å². The molecule has 1 aromatic carbocycles. The van der Waals surface area contributed by atoms with E-state index in [1.165, 1.54) is 12.0 Å². The van der Waals surface area contributed by atoms with E-state index >= 15 is 0 Å². The number of ether oxygens (including phenoxy) is 1. The zero-order valence-corrected chi connectivity index (χ0v) is 11.8. The van der Waals surface area contributed by atoms with E-state index < -0.39 is 0 Å². The average molecular weight is 269 g/mol. The van der Waals surface area contributed by atoms with Crippen molar-refractivity contribution in [2.45, 2.75) is 25.9 Å². The largest absolute Gasteiger partial charge is 0.495 e. The molecule has 3 nitrogen and oxygen atoms in total. The second-order valence-electron chi connectivity index (χ2n) is 4.75. The summed E-state index contributed by atoms with van der Waals surface area (Å²) in [5.74, 6) is 0.743. The lowest BCUT2D eigenvalue weighted by molar-refractivity contribution is 0.138. The van der Waals surface area contributed by atoms with Crippen molar-refractivity contribution in [3.63, 3.8) is 0 Å². The van der Waals surface area contributed by atoms with Crippen LogP contribution < -0.4 is 10.1 Å². The molecule has 1 fully saturated rings. The summed E-state index contributed by atoms with van der Waals surface area (Å²) in [6.45, 7) is 6.52. The van der Waals surface area contributed by atoms with Gasteiger partial charge in [0.05, 0.1) is 12.1 Å². The third kappa shape index (κ3) is 3.16. The average Bonchev–Trinajstić information content (AvgIpc) is 2.27. The molecule has 0 atom stereocenters. The summed E-state index contributed by atoms with van der Waals surface area (Å²) < 4.78 is 5.18. The second kappa shape index (κ2) is 6.41. The Labute approximate surface area is 114 Å². The monoisotopic (exact) mass is 268 g/mol. The SMILES string of the molecule is CCCN(Cc1ccc(OC)c(Cl)c1)C1CNC1. The van der Waals surface area contributed by atoms with E-state index in [0.29, 0.717) is 11.1 Å².